The Labute approximate surface area is 153 Å². The van der Waals surface area contributed by atoms with Crippen molar-refractivity contribution in [2.75, 3.05) is 42.9 Å². The fraction of sp³-hybridized carbons (Fsp3) is 0.368. The van der Waals surface area contributed by atoms with Crippen LogP contribution in [0.1, 0.15) is 22.8 Å². The molecule has 1 aliphatic heterocycles. The Morgan fingerprint density at radius 3 is 2.64 bits per heavy atom. The van der Waals surface area contributed by atoms with Crippen LogP contribution in [-0.4, -0.2) is 48.5 Å². The van der Waals surface area contributed by atoms with E-state index in [1.807, 2.05) is 31.3 Å². The highest BCUT2D eigenvalue weighted by atomic mass is 35.5. The zero-order chi connectivity index (χ0) is 17.8. The van der Waals surface area contributed by atoms with Gasteiger partial charge in [0.2, 0.25) is 0 Å². The Kier molecular flexibility index (Phi) is 5.56. The van der Waals surface area contributed by atoms with Gasteiger partial charge >= 0.3 is 0 Å². The molecule has 2 heterocycles. The number of amides is 1. The van der Waals surface area contributed by atoms with E-state index in [-0.39, 0.29) is 5.91 Å². The van der Waals surface area contributed by atoms with Crippen LogP contribution in [0.2, 0.25) is 5.02 Å². The molecule has 1 amide bonds. The van der Waals surface area contributed by atoms with Gasteiger partial charge in [-0.2, -0.15) is 0 Å². The normalized spacial score (nSPS) is 15.2. The van der Waals surface area contributed by atoms with Gasteiger partial charge in [-0.25, -0.2) is 0 Å². The second-order valence-electron chi connectivity index (χ2n) is 6.27. The van der Waals surface area contributed by atoms with Crippen molar-refractivity contribution in [2.24, 2.45) is 0 Å². The second-order valence-corrected chi connectivity index (χ2v) is 6.70. The monoisotopic (exact) mass is 358 g/mol. The van der Waals surface area contributed by atoms with Gasteiger partial charge in [0, 0.05) is 43.1 Å². The fourth-order valence-electron chi connectivity index (χ4n) is 3.01. The first-order valence-corrected chi connectivity index (χ1v) is 8.94. The van der Waals surface area contributed by atoms with Crippen molar-refractivity contribution in [1.82, 2.24) is 9.88 Å². The van der Waals surface area contributed by atoms with Crippen LogP contribution in [0.3, 0.4) is 0 Å². The molecule has 6 heteroatoms. The number of nitrogens with one attached hydrogen (secondary N) is 1. The molecule has 0 aliphatic carbocycles. The topological polar surface area (TPSA) is 48.5 Å². The summed E-state index contributed by atoms with van der Waals surface area (Å²) in [7, 11) is 0. The third-order valence-corrected chi connectivity index (χ3v) is 4.84. The van der Waals surface area contributed by atoms with Gasteiger partial charge in [0.05, 0.1) is 17.4 Å². The Hall–Kier alpha value is -2.11. The van der Waals surface area contributed by atoms with E-state index in [2.05, 4.69) is 27.0 Å². The smallest absolute Gasteiger partial charge is 0.257 e. The number of hydrogen-bond donors (Lipinski definition) is 1. The Bertz CT molecular complexity index is 757. The number of aryl methyl sites for hydroxylation is 1. The number of anilines is 2. The predicted octanol–water partition coefficient (Wildman–Crippen LogP) is 3.44. The number of nitrogens with zero attached hydrogens (tertiary/aromatic N) is 3. The first kappa shape index (κ1) is 17.7. The van der Waals surface area contributed by atoms with Gasteiger partial charge in [-0.1, -0.05) is 18.5 Å². The molecule has 1 aromatic carbocycles. The number of pyridine rings is 1. The maximum atomic E-state index is 12.6. The number of aromatic nitrogens is 1. The van der Waals surface area contributed by atoms with Crippen LogP contribution in [0, 0.1) is 6.92 Å². The van der Waals surface area contributed by atoms with Crippen molar-refractivity contribution in [3.05, 3.63) is 52.8 Å². The standard InChI is InChI=1S/C19H23ClN4O/c1-3-23-6-8-24(9-7-23)17-11-15(12-21-13-17)19(25)22-18-5-4-16(20)10-14(18)2/h4-5,10-13H,3,6-9H2,1-2H3,(H,22,25). The van der Waals surface area contributed by atoms with Gasteiger partial charge in [0.1, 0.15) is 0 Å². The Morgan fingerprint density at radius 2 is 1.96 bits per heavy atom. The lowest BCUT2D eigenvalue weighted by Gasteiger charge is -2.35. The maximum absolute atomic E-state index is 12.6. The van der Waals surface area contributed by atoms with E-state index in [1.54, 1.807) is 12.3 Å². The molecule has 2 aromatic rings. The Morgan fingerprint density at radius 1 is 1.20 bits per heavy atom. The van der Waals surface area contributed by atoms with Crippen LogP contribution in [0.25, 0.3) is 0 Å². The van der Waals surface area contributed by atoms with Crippen LogP contribution in [-0.2, 0) is 0 Å². The van der Waals surface area contributed by atoms with Gasteiger partial charge in [0.15, 0.2) is 0 Å². The number of likely N-dealkylation sites (N-methyl/N-ethyl adjacent to an activating group) is 1. The van der Waals surface area contributed by atoms with E-state index >= 15 is 0 Å². The molecule has 0 atom stereocenters. The maximum Gasteiger partial charge on any atom is 0.257 e. The summed E-state index contributed by atoms with van der Waals surface area (Å²) in [6, 6.07) is 7.33. The van der Waals surface area contributed by atoms with Gasteiger partial charge in [-0.05, 0) is 43.3 Å². The summed E-state index contributed by atoms with van der Waals surface area (Å²) in [6.45, 7) is 9.17. The molecule has 25 heavy (non-hydrogen) atoms. The molecule has 1 N–H and O–H groups in total. The molecule has 1 aromatic heterocycles. The number of carbonyl (C=O) groups excluding carboxylic acids is 1. The zero-order valence-corrected chi connectivity index (χ0v) is 15.4. The SMILES string of the molecule is CCN1CCN(c2cncc(C(=O)Nc3ccc(Cl)cc3C)c2)CC1. The lowest BCUT2D eigenvalue weighted by Crippen LogP contribution is -2.46. The summed E-state index contributed by atoms with van der Waals surface area (Å²) < 4.78 is 0. The highest BCUT2D eigenvalue weighted by Gasteiger charge is 2.17. The minimum atomic E-state index is -0.160. The summed E-state index contributed by atoms with van der Waals surface area (Å²) in [5.74, 6) is -0.160. The summed E-state index contributed by atoms with van der Waals surface area (Å²) in [5.41, 5.74) is 3.25. The van der Waals surface area contributed by atoms with Crippen molar-refractivity contribution >= 4 is 28.9 Å². The average Bonchev–Trinajstić information content (AvgIpc) is 2.64. The molecule has 0 bridgehead atoms. The molecular weight excluding hydrogens is 336 g/mol. The minimum Gasteiger partial charge on any atom is -0.368 e. The van der Waals surface area contributed by atoms with E-state index < -0.39 is 0 Å². The van der Waals surface area contributed by atoms with Crippen LogP contribution in [0.15, 0.2) is 36.7 Å². The second kappa shape index (κ2) is 7.85. The van der Waals surface area contributed by atoms with Gasteiger partial charge < -0.3 is 15.1 Å². The van der Waals surface area contributed by atoms with Gasteiger partial charge in [0.25, 0.3) is 5.91 Å². The van der Waals surface area contributed by atoms with Crippen molar-refractivity contribution in [3.8, 4) is 0 Å². The van der Waals surface area contributed by atoms with Gasteiger partial charge in [-0.15, -0.1) is 0 Å². The van der Waals surface area contributed by atoms with Crippen molar-refractivity contribution in [1.29, 1.82) is 0 Å². The number of rotatable bonds is 4. The largest absolute Gasteiger partial charge is 0.368 e. The van der Waals surface area contributed by atoms with Crippen LogP contribution in [0.4, 0.5) is 11.4 Å². The molecule has 3 rings (SSSR count). The van der Waals surface area contributed by atoms with Crippen LogP contribution >= 0.6 is 11.6 Å². The lowest BCUT2D eigenvalue weighted by molar-refractivity contribution is 0.102. The molecule has 0 unspecified atom stereocenters. The molecule has 0 radical (unpaired) electrons. The molecule has 1 fully saturated rings. The third-order valence-electron chi connectivity index (χ3n) is 4.61. The number of hydrogen-bond acceptors (Lipinski definition) is 4. The quantitative estimate of drug-likeness (QED) is 0.909. The summed E-state index contributed by atoms with van der Waals surface area (Å²) in [4.78, 5) is 21.5. The number of carbonyl (C=O) groups is 1. The molecule has 1 aliphatic rings. The van der Waals surface area contributed by atoms with E-state index in [9.17, 15) is 4.79 Å². The summed E-state index contributed by atoms with van der Waals surface area (Å²) in [6.07, 6.45) is 3.43. The molecule has 132 valence electrons. The number of halogens is 1. The molecule has 5 nitrogen and oxygen atoms in total. The van der Waals surface area contributed by atoms with Crippen LogP contribution in [0.5, 0.6) is 0 Å². The summed E-state index contributed by atoms with van der Waals surface area (Å²) >= 11 is 5.97. The predicted molar refractivity (Wildman–Crippen MR) is 103 cm³/mol. The van der Waals surface area contributed by atoms with Crippen molar-refractivity contribution in [2.45, 2.75) is 13.8 Å². The summed E-state index contributed by atoms with van der Waals surface area (Å²) in [5, 5.41) is 3.59. The number of piperazine rings is 1. The van der Waals surface area contributed by atoms with E-state index in [1.165, 1.54) is 0 Å². The van der Waals surface area contributed by atoms with Crippen molar-refractivity contribution < 1.29 is 4.79 Å². The molecular formula is C19H23ClN4O. The van der Waals surface area contributed by atoms with Crippen molar-refractivity contribution in [3.63, 3.8) is 0 Å². The molecule has 0 saturated carbocycles. The first-order valence-electron chi connectivity index (χ1n) is 8.56. The number of benzene rings is 1. The van der Waals surface area contributed by atoms with Gasteiger partial charge in [-0.3, -0.25) is 9.78 Å². The van der Waals surface area contributed by atoms with Crippen LogP contribution < -0.4 is 10.2 Å². The highest BCUT2D eigenvalue weighted by molar-refractivity contribution is 6.30. The Balaban J connectivity index is 1.71. The lowest BCUT2D eigenvalue weighted by atomic mass is 10.1. The fourth-order valence-corrected chi connectivity index (χ4v) is 3.24. The first-order chi connectivity index (χ1) is 12.1. The zero-order valence-electron chi connectivity index (χ0n) is 14.6. The van der Waals surface area contributed by atoms with E-state index in [0.29, 0.717) is 10.6 Å². The van der Waals surface area contributed by atoms with E-state index in [0.717, 1.165) is 49.7 Å². The third kappa shape index (κ3) is 4.30. The minimum absolute atomic E-state index is 0.160. The highest BCUT2D eigenvalue weighted by Crippen LogP contribution is 2.21. The van der Waals surface area contributed by atoms with E-state index in [4.69, 9.17) is 11.6 Å². The average molecular weight is 359 g/mol. The molecule has 0 spiro atoms. The molecule has 1 saturated heterocycles.